The molecular formula is C28H21NO8S2. The highest BCUT2D eigenvalue weighted by Crippen LogP contribution is 2.42. The molecule has 9 nitrogen and oxygen atoms in total. The molecule has 4 aromatic rings. The lowest BCUT2D eigenvalue weighted by Crippen LogP contribution is -2.24. The van der Waals surface area contributed by atoms with Crippen molar-refractivity contribution in [1.82, 2.24) is 0 Å². The lowest BCUT2D eigenvalue weighted by atomic mass is 9.83. The summed E-state index contributed by atoms with van der Waals surface area (Å²) in [5.41, 5.74) is 1.53. The fourth-order valence-corrected chi connectivity index (χ4v) is 6.24. The lowest BCUT2D eigenvalue weighted by Gasteiger charge is -2.30. The van der Waals surface area contributed by atoms with E-state index in [1.165, 1.54) is 73.3 Å². The van der Waals surface area contributed by atoms with Gasteiger partial charge < -0.3 is 4.90 Å². The minimum Gasteiger partial charge on any atom is -0.310 e. The van der Waals surface area contributed by atoms with E-state index in [0.29, 0.717) is 0 Å². The Labute approximate surface area is 224 Å². The number of carbonyl (C=O) groups is 2. The Morgan fingerprint density at radius 1 is 0.590 bits per heavy atom. The van der Waals surface area contributed by atoms with Crippen LogP contribution >= 0.6 is 0 Å². The van der Waals surface area contributed by atoms with Gasteiger partial charge in [0.1, 0.15) is 0 Å². The maximum Gasteiger partial charge on any atom is 0.294 e. The Bertz CT molecular complexity index is 1850. The van der Waals surface area contributed by atoms with E-state index in [2.05, 4.69) is 0 Å². The van der Waals surface area contributed by atoms with Gasteiger partial charge in [0.2, 0.25) is 0 Å². The zero-order valence-corrected chi connectivity index (χ0v) is 22.2. The number of benzene rings is 4. The second-order valence-corrected chi connectivity index (χ2v) is 11.9. The zero-order chi connectivity index (χ0) is 28.3. The van der Waals surface area contributed by atoms with E-state index in [1.807, 2.05) is 0 Å². The van der Waals surface area contributed by atoms with Crippen molar-refractivity contribution in [3.8, 4) is 0 Å². The van der Waals surface area contributed by atoms with Crippen LogP contribution in [0.4, 0.5) is 17.1 Å². The predicted octanol–water partition coefficient (Wildman–Crippen LogP) is 5.04. The van der Waals surface area contributed by atoms with E-state index in [-0.39, 0.29) is 56.2 Å². The van der Waals surface area contributed by atoms with E-state index in [1.54, 1.807) is 24.3 Å². The van der Waals surface area contributed by atoms with Gasteiger partial charge in [-0.05, 0) is 55.3 Å². The molecule has 5 rings (SSSR count). The molecule has 1 aliphatic rings. The van der Waals surface area contributed by atoms with Crippen molar-refractivity contribution in [3.63, 3.8) is 0 Å². The summed E-state index contributed by atoms with van der Waals surface area (Å²) in [6.07, 6.45) is 0. The number of ketones is 2. The van der Waals surface area contributed by atoms with Crippen molar-refractivity contribution >= 4 is 48.9 Å². The van der Waals surface area contributed by atoms with E-state index in [0.717, 1.165) is 0 Å². The van der Waals surface area contributed by atoms with Crippen molar-refractivity contribution < 1.29 is 35.5 Å². The van der Waals surface area contributed by atoms with Gasteiger partial charge in [-0.15, -0.1) is 0 Å². The zero-order valence-electron chi connectivity index (χ0n) is 20.6. The first-order chi connectivity index (χ1) is 18.3. The highest BCUT2D eigenvalue weighted by atomic mass is 32.2. The topological polar surface area (TPSA) is 146 Å². The van der Waals surface area contributed by atoms with Crippen LogP contribution in [-0.2, 0) is 20.2 Å². The summed E-state index contributed by atoms with van der Waals surface area (Å²) in [5, 5.41) is 0. The summed E-state index contributed by atoms with van der Waals surface area (Å²) >= 11 is 0. The summed E-state index contributed by atoms with van der Waals surface area (Å²) < 4.78 is 68.1. The van der Waals surface area contributed by atoms with Gasteiger partial charge in [0.25, 0.3) is 20.2 Å². The molecule has 0 atom stereocenters. The number of aryl methyl sites for hydroxylation is 2. The van der Waals surface area contributed by atoms with Crippen molar-refractivity contribution in [2.45, 2.75) is 23.6 Å². The van der Waals surface area contributed by atoms with Crippen LogP contribution in [0.25, 0.3) is 0 Å². The normalized spacial score (nSPS) is 13.1. The quantitative estimate of drug-likeness (QED) is 0.281. The number of rotatable bonds is 5. The fraction of sp³-hybridized carbons (Fsp3) is 0.0714. The van der Waals surface area contributed by atoms with E-state index < -0.39 is 35.8 Å². The molecule has 0 radical (unpaired) electrons. The average molecular weight is 564 g/mol. The predicted molar refractivity (Wildman–Crippen MR) is 144 cm³/mol. The molecule has 2 N–H and O–H groups in total. The van der Waals surface area contributed by atoms with Gasteiger partial charge in [0, 0.05) is 28.1 Å². The molecule has 1 aliphatic carbocycles. The Balaban J connectivity index is 1.85. The van der Waals surface area contributed by atoms with Gasteiger partial charge in [-0.1, -0.05) is 48.5 Å². The van der Waals surface area contributed by atoms with Gasteiger partial charge in [0.05, 0.1) is 21.0 Å². The summed E-state index contributed by atoms with van der Waals surface area (Å²) in [5.74, 6) is -0.836. The van der Waals surface area contributed by atoms with Crippen LogP contribution in [-0.4, -0.2) is 37.5 Å². The molecule has 0 saturated carbocycles. The standard InChI is InChI=1S/C28H21NO8S2/c1-16-10-12-18(14-24(16)38(32,33)34)29(19-13-11-17(2)25(15-19)39(35,36)37)23-9-5-8-22-26(23)28(31)21-7-4-3-6-20(21)27(22)30/h3-15H,1-2H3,(H,32,33,34)(H,35,36,37). The van der Waals surface area contributed by atoms with E-state index >= 15 is 0 Å². The monoisotopic (exact) mass is 563 g/mol. The molecule has 0 fully saturated rings. The molecule has 0 aliphatic heterocycles. The van der Waals surface area contributed by atoms with Crippen LogP contribution in [0, 0.1) is 13.8 Å². The number of carbonyl (C=O) groups excluding carboxylic acids is 2. The maximum atomic E-state index is 13.8. The van der Waals surface area contributed by atoms with Crippen molar-refractivity contribution in [1.29, 1.82) is 0 Å². The average Bonchev–Trinajstić information content (AvgIpc) is 2.88. The highest BCUT2D eigenvalue weighted by molar-refractivity contribution is 7.86. The number of anilines is 3. The van der Waals surface area contributed by atoms with E-state index in [4.69, 9.17) is 0 Å². The second kappa shape index (κ2) is 9.24. The van der Waals surface area contributed by atoms with Crippen molar-refractivity contribution in [3.05, 3.63) is 112 Å². The molecule has 198 valence electrons. The van der Waals surface area contributed by atoms with Crippen molar-refractivity contribution in [2.24, 2.45) is 0 Å². The van der Waals surface area contributed by atoms with Crippen molar-refractivity contribution in [2.75, 3.05) is 4.90 Å². The highest BCUT2D eigenvalue weighted by Gasteiger charge is 2.34. The summed E-state index contributed by atoms with van der Waals surface area (Å²) in [6, 6.07) is 19.3. The summed E-state index contributed by atoms with van der Waals surface area (Å²) in [6.45, 7) is 2.98. The number of hydrogen-bond acceptors (Lipinski definition) is 7. The van der Waals surface area contributed by atoms with Crippen LogP contribution in [0.3, 0.4) is 0 Å². The first-order valence-electron chi connectivity index (χ1n) is 11.6. The third-order valence-electron chi connectivity index (χ3n) is 6.59. The maximum absolute atomic E-state index is 13.8. The van der Waals surface area contributed by atoms with E-state index in [9.17, 15) is 35.5 Å². The number of nitrogens with zero attached hydrogens (tertiary/aromatic N) is 1. The summed E-state index contributed by atoms with van der Waals surface area (Å²) in [4.78, 5) is 27.7. The molecule has 0 aromatic heterocycles. The Hall–Kier alpha value is -4.16. The first kappa shape index (κ1) is 26.4. The van der Waals surface area contributed by atoms with Gasteiger partial charge in [-0.3, -0.25) is 18.7 Å². The second-order valence-electron chi connectivity index (χ2n) is 9.09. The Morgan fingerprint density at radius 2 is 1.05 bits per heavy atom. The van der Waals surface area contributed by atoms with Gasteiger partial charge in [-0.25, -0.2) is 0 Å². The molecule has 0 saturated heterocycles. The van der Waals surface area contributed by atoms with Gasteiger partial charge >= 0.3 is 0 Å². The third-order valence-corrected chi connectivity index (χ3v) is 8.58. The minimum atomic E-state index is -4.65. The van der Waals surface area contributed by atoms with Crippen LogP contribution in [0.15, 0.2) is 88.7 Å². The van der Waals surface area contributed by atoms with Crippen LogP contribution < -0.4 is 4.90 Å². The lowest BCUT2D eigenvalue weighted by molar-refractivity contribution is 0.0979. The smallest absolute Gasteiger partial charge is 0.294 e. The molecule has 11 heteroatoms. The SMILES string of the molecule is Cc1ccc(N(c2ccc(C)c(S(=O)(=O)O)c2)c2cccc3c2C(=O)c2ccccc2C3=O)cc1S(=O)(=O)O. The molecule has 0 amide bonds. The molecule has 0 bridgehead atoms. The fourth-order valence-electron chi connectivity index (χ4n) is 4.75. The molecule has 4 aromatic carbocycles. The van der Waals surface area contributed by atoms with Gasteiger partial charge in [-0.2, -0.15) is 16.8 Å². The molecule has 0 spiro atoms. The number of hydrogen-bond donors (Lipinski definition) is 2. The van der Waals surface area contributed by atoms with Crippen LogP contribution in [0.2, 0.25) is 0 Å². The molecule has 0 heterocycles. The third kappa shape index (κ3) is 4.55. The van der Waals surface area contributed by atoms with Crippen LogP contribution in [0.5, 0.6) is 0 Å². The first-order valence-corrected chi connectivity index (χ1v) is 14.4. The number of fused-ring (bicyclic) bond motifs is 2. The summed E-state index contributed by atoms with van der Waals surface area (Å²) in [7, 11) is -9.30. The minimum absolute atomic E-state index is 0.0316. The van der Waals surface area contributed by atoms with Crippen LogP contribution in [0.1, 0.15) is 43.0 Å². The molecule has 0 unspecified atom stereocenters. The molecule has 39 heavy (non-hydrogen) atoms. The largest absolute Gasteiger partial charge is 0.310 e. The van der Waals surface area contributed by atoms with Gasteiger partial charge in [0.15, 0.2) is 11.6 Å². The molecular weight excluding hydrogens is 542 g/mol. The Kier molecular flexibility index (Phi) is 6.27. The Morgan fingerprint density at radius 3 is 1.54 bits per heavy atom.